The summed E-state index contributed by atoms with van der Waals surface area (Å²) in [6.45, 7) is 5.06. The highest BCUT2D eigenvalue weighted by atomic mass is 19.4. The summed E-state index contributed by atoms with van der Waals surface area (Å²) in [6.07, 6.45) is -2.35. The van der Waals surface area contributed by atoms with Crippen molar-refractivity contribution >= 4 is 11.6 Å². The van der Waals surface area contributed by atoms with E-state index in [2.05, 4.69) is 16.9 Å². The zero-order valence-corrected chi connectivity index (χ0v) is 12.1. The number of carbonyl (C=O) groups is 1. The quantitative estimate of drug-likeness (QED) is 0.853. The number of pyridine rings is 1. The Hall–Kier alpha value is -2.83. The van der Waals surface area contributed by atoms with Crippen molar-refractivity contribution in [2.75, 3.05) is 5.32 Å². The molecule has 0 radical (unpaired) electrons. The van der Waals surface area contributed by atoms with Gasteiger partial charge in [-0.2, -0.15) is 13.2 Å². The number of hydrogen-bond acceptors (Lipinski definition) is 3. The van der Waals surface area contributed by atoms with E-state index in [1.807, 2.05) is 0 Å². The molecule has 0 spiro atoms. The van der Waals surface area contributed by atoms with Crippen LogP contribution >= 0.6 is 0 Å². The minimum absolute atomic E-state index is 0.185. The summed E-state index contributed by atoms with van der Waals surface area (Å²) >= 11 is 0. The first-order valence-corrected chi connectivity index (χ1v) is 6.55. The maximum absolute atomic E-state index is 12.7. The number of benzene rings is 1. The molecular weight excluding hydrogens is 309 g/mol. The summed E-state index contributed by atoms with van der Waals surface area (Å²) in [4.78, 5) is 15.1. The first-order valence-electron chi connectivity index (χ1n) is 6.55. The van der Waals surface area contributed by atoms with Crippen molar-refractivity contribution in [3.05, 3.63) is 60.3 Å². The van der Waals surface area contributed by atoms with Gasteiger partial charge in [-0.05, 0) is 30.7 Å². The van der Waals surface area contributed by atoms with Gasteiger partial charge in [-0.1, -0.05) is 12.6 Å². The molecule has 23 heavy (non-hydrogen) atoms. The largest absolute Gasteiger partial charge is 0.439 e. The molecule has 1 amide bonds. The second kappa shape index (κ2) is 6.51. The number of ether oxygens (including phenoxy) is 1. The fraction of sp³-hybridized carbons (Fsp3) is 0.125. The molecule has 0 fully saturated rings. The topological polar surface area (TPSA) is 51.2 Å². The number of hydrogen-bond donors (Lipinski definition) is 1. The van der Waals surface area contributed by atoms with Crippen molar-refractivity contribution in [2.24, 2.45) is 0 Å². The summed E-state index contributed by atoms with van der Waals surface area (Å²) in [5.74, 6) is -0.300. The van der Waals surface area contributed by atoms with Crippen LogP contribution in [0.3, 0.4) is 0 Å². The van der Waals surface area contributed by atoms with E-state index in [-0.39, 0.29) is 5.88 Å². The van der Waals surface area contributed by atoms with Gasteiger partial charge in [0.05, 0.1) is 5.56 Å². The second-order valence-corrected chi connectivity index (χ2v) is 4.66. The average Bonchev–Trinajstić information content (AvgIpc) is 2.50. The van der Waals surface area contributed by atoms with Crippen molar-refractivity contribution in [3.63, 3.8) is 0 Å². The van der Waals surface area contributed by atoms with E-state index >= 15 is 0 Å². The van der Waals surface area contributed by atoms with Gasteiger partial charge in [0.2, 0.25) is 11.8 Å². The fourth-order valence-corrected chi connectivity index (χ4v) is 1.74. The van der Waals surface area contributed by atoms with E-state index in [4.69, 9.17) is 4.74 Å². The van der Waals surface area contributed by atoms with E-state index in [9.17, 15) is 18.0 Å². The summed E-state index contributed by atoms with van der Waals surface area (Å²) < 4.78 is 43.5. The van der Waals surface area contributed by atoms with Gasteiger partial charge in [0.15, 0.2) is 0 Å². The van der Waals surface area contributed by atoms with Gasteiger partial charge in [0, 0.05) is 24.0 Å². The Morgan fingerprint density at radius 1 is 1.30 bits per heavy atom. The Balaban J connectivity index is 2.27. The highest BCUT2D eigenvalue weighted by molar-refractivity contribution is 5.99. The number of nitrogens with one attached hydrogen (secondary N) is 1. The number of aromatic nitrogens is 1. The lowest BCUT2D eigenvalue weighted by Gasteiger charge is -2.12. The standard InChI is InChI=1S/C16H13F3N2O2/c1-3-14(22)21-12-5-4-10(2)13(9-12)23-15-8-11(6-7-20-15)16(17,18)19/h3-9H,1H2,2H3,(H,21,22). The molecule has 1 N–H and O–H groups in total. The molecule has 0 aliphatic heterocycles. The van der Waals surface area contributed by atoms with Gasteiger partial charge in [-0.3, -0.25) is 4.79 Å². The maximum atomic E-state index is 12.7. The van der Waals surface area contributed by atoms with Crippen LogP contribution in [0.5, 0.6) is 11.6 Å². The van der Waals surface area contributed by atoms with Crippen molar-refractivity contribution in [1.29, 1.82) is 0 Å². The Morgan fingerprint density at radius 2 is 2.04 bits per heavy atom. The number of alkyl halides is 3. The third-order valence-corrected chi connectivity index (χ3v) is 2.92. The van der Waals surface area contributed by atoms with Crippen molar-refractivity contribution in [3.8, 4) is 11.6 Å². The van der Waals surface area contributed by atoms with Crippen molar-refractivity contribution in [2.45, 2.75) is 13.1 Å². The number of amides is 1. The lowest BCUT2D eigenvalue weighted by molar-refractivity contribution is -0.137. The lowest BCUT2D eigenvalue weighted by Crippen LogP contribution is -2.07. The number of anilines is 1. The molecule has 1 aromatic carbocycles. The Labute approximate surface area is 130 Å². The predicted octanol–water partition coefficient (Wildman–Crippen LogP) is 4.33. The monoisotopic (exact) mass is 322 g/mol. The zero-order chi connectivity index (χ0) is 17.0. The molecule has 7 heteroatoms. The van der Waals surface area contributed by atoms with Gasteiger partial charge in [0.1, 0.15) is 5.75 Å². The first-order chi connectivity index (χ1) is 10.8. The van der Waals surface area contributed by atoms with Crippen LogP contribution < -0.4 is 10.1 Å². The highest BCUT2D eigenvalue weighted by Gasteiger charge is 2.31. The van der Waals surface area contributed by atoms with Crippen LogP contribution in [0, 0.1) is 6.92 Å². The smallest absolute Gasteiger partial charge is 0.416 e. The molecule has 0 atom stereocenters. The Morgan fingerprint density at radius 3 is 2.70 bits per heavy atom. The summed E-state index contributed by atoms with van der Waals surface area (Å²) in [7, 11) is 0. The van der Waals surface area contributed by atoms with Gasteiger partial charge < -0.3 is 10.1 Å². The van der Waals surface area contributed by atoms with Gasteiger partial charge in [-0.15, -0.1) is 0 Å². The minimum atomic E-state index is -4.48. The average molecular weight is 322 g/mol. The SMILES string of the molecule is C=CC(=O)Nc1ccc(C)c(Oc2cc(C(F)(F)F)ccn2)c1. The molecule has 0 unspecified atom stereocenters. The van der Waals surface area contributed by atoms with E-state index < -0.39 is 17.6 Å². The van der Waals surface area contributed by atoms with Crippen LogP contribution in [-0.4, -0.2) is 10.9 Å². The molecule has 2 rings (SSSR count). The fourth-order valence-electron chi connectivity index (χ4n) is 1.74. The number of halogens is 3. The molecule has 0 saturated carbocycles. The molecule has 2 aromatic rings. The van der Waals surface area contributed by atoms with Crippen LogP contribution in [0.2, 0.25) is 0 Å². The summed E-state index contributed by atoms with van der Waals surface area (Å²) in [5.41, 5.74) is 0.263. The number of carbonyl (C=O) groups excluding carboxylic acids is 1. The minimum Gasteiger partial charge on any atom is -0.439 e. The van der Waals surface area contributed by atoms with Crippen LogP contribution in [0.25, 0.3) is 0 Å². The molecular formula is C16H13F3N2O2. The molecule has 0 aliphatic rings. The Kier molecular flexibility index (Phi) is 4.68. The maximum Gasteiger partial charge on any atom is 0.416 e. The molecule has 0 saturated heterocycles. The van der Waals surface area contributed by atoms with Crippen molar-refractivity contribution in [1.82, 2.24) is 4.98 Å². The van der Waals surface area contributed by atoms with E-state index in [1.165, 1.54) is 6.07 Å². The van der Waals surface area contributed by atoms with Crippen LogP contribution in [-0.2, 0) is 11.0 Å². The molecule has 4 nitrogen and oxygen atoms in total. The van der Waals surface area contributed by atoms with Gasteiger partial charge in [0.25, 0.3) is 0 Å². The molecule has 0 bridgehead atoms. The number of rotatable bonds is 4. The molecule has 1 aromatic heterocycles. The van der Waals surface area contributed by atoms with E-state index in [1.54, 1.807) is 19.1 Å². The molecule has 0 aliphatic carbocycles. The summed E-state index contributed by atoms with van der Waals surface area (Å²) in [5, 5.41) is 2.54. The van der Waals surface area contributed by atoms with Crippen molar-refractivity contribution < 1.29 is 22.7 Å². The number of aryl methyl sites for hydroxylation is 1. The van der Waals surface area contributed by atoms with Gasteiger partial charge >= 0.3 is 6.18 Å². The van der Waals surface area contributed by atoms with Crippen LogP contribution in [0.15, 0.2) is 49.2 Å². The first kappa shape index (κ1) is 16.5. The third-order valence-electron chi connectivity index (χ3n) is 2.92. The molecule has 1 heterocycles. The van der Waals surface area contributed by atoms with E-state index in [0.717, 1.165) is 24.4 Å². The molecule has 120 valence electrons. The van der Waals surface area contributed by atoms with Crippen LogP contribution in [0.1, 0.15) is 11.1 Å². The zero-order valence-electron chi connectivity index (χ0n) is 12.1. The predicted molar refractivity (Wildman–Crippen MR) is 79.3 cm³/mol. The van der Waals surface area contributed by atoms with Crippen LogP contribution in [0.4, 0.5) is 18.9 Å². The highest BCUT2D eigenvalue weighted by Crippen LogP contribution is 2.32. The number of nitrogens with zero attached hydrogens (tertiary/aromatic N) is 1. The van der Waals surface area contributed by atoms with Gasteiger partial charge in [-0.25, -0.2) is 4.98 Å². The Bertz CT molecular complexity index is 742. The van der Waals surface area contributed by atoms with E-state index in [0.29, 0.717) is 17.0 Å². The summed E-state index contributed by atoms with van der Waals surface area (Å²) in [6, 6.07) is 6.48. The second-order valence-electron chi connectivity index (χ2n) is 4.66. The lowest BCUT2D eigenvalue weighted by atomic mass is 10.2. The third kappa shape index (κ3) is 4.32. The normalized spacial score (nSPS) is 11.0.